The number of allylic oxidation sites excluding steroid dienone is 5. The van der Waals surface area contributed by atoms with Gasteiger partial charge < -0.3 is 10.4 Å². The van der Waals surface area contributed by atoms with Gasteiger partial charge >= 0.3 is 5.97 Å². The van der Waals surface area contributed by atoms with Crippen molar-refractivity contribution in [2.75, 3.05) is 11.5 Å². The summed E-state index contributed by atoms with van der Waals surface area (Å²) in [5, 5.41) is 12.5. The molecular weight excluding hydrogens is 454 g/mol. The summed E-state index contributed by atoms with van der Waals surface area (Å²) in [5.41, 5.74) is 4.30. The Morgan fingerprint density at radius 1 is 0.914 bits per heavy atom. The fourth-order valence-corrected chi connectivity index (χ4v) is 7.99. The quantitative estimate of drug-likeness (QED) is 0.193. The highest BCUT2D eigenvalue weighted by molar-refractivity contribution is 7.99. The van der Waals surface area contributed by atoms with E-state index in [2.05, 4.69) is 51.2 Å². The lowest BCUT2D eigenvalue weighted by Crippen LogP contribution is -2.50. The first kappa shape index (κ1) is 28.1. The van der Waals surface area contributed by atoms with Gasteiger partial charge in [-0.3, -0.25) is 4.79 Å². The molecule has 35 heavy (non-hydrogen) atoms. The van der Waals surface area contributed by atoms with E-state index >= 15 is 0 Å². The summed E-state index contributed by atoms with van der Waals surface area (Å²) in [4.78, 5) is 24.6. The summed E-state index contributed by atoms with van der Waals surface area (Å²) in [6, 6.07) is -0.804. The number of carbonyl (C=O) groups excluding carboxylic acids is 1. The third-order valence-electron chi connectivity index (χ3n) is 8.29. The summed E-state index contributed by atoms with van der Waals surface area (Å²) in [5.74, 6) is 2.62. The Balaban J connectivity index is 1.36. The fraction of sp³-hybridized carbons (Fsp3) is 0.733. The first-order valence-electron chi connectivity index (χ1n) is 13.7. The molecule has 1 atom stereocenters. The second-order valence-corrected chi connectivity index (χ2v) is 13.1. The Labute approximate surface area is 217 Å². The minimum atomic E-state index is -0.925. The molecule has 4 aliphatic carbocycles. The number of aliphatic carboxylic acids is 1. The van der Waals surface area contributed by atoms with Crippen LogP contribution < -0.4 is 5.32 Å². The highest BCUT2D eigenvalue weighted by Gasteiger charge is 2.51. The van der Waals surface area contributed by atoms with E-state index in [0.29, 0.717) is 12.2 Å². The molecule has 0 radical (unpaired) electrons. The topological polar surface area (TPSA) is 66.4 Å². The van der Waals surface area contributed by atoms with Gasteiger partial charge in [0.1, 0.15) is 6.04 Å². The molecule has 0 aromatic carbocycles. The third-order valence-corrected chi connectivity index (χ3v) is 9.26. The molecule has 0 aliphatic heterocycles. The minimum Gasteiger partial charge on any atom is -0.480 e. The van der Waals surface area contributed by atoms with Gasteiger partial charge in [-0.2, -0.15) is 11.8 Å². The average Bonchev–Trinajstić information content (AvgIpc) is 2.74. The second kappa shape index (κ2) is 13.2. The van der Waals surface area contributed by atoms with Crippen LogP contribution in [0.3, 0.4) is 0 Å². The molecule has 0 aromatic rings. The number of carboxylic acid groups (broad SMARTS) is 1. The molecule has 4 fully saturated rings. The third kappa shape index (κ3) is 9.15. The normalized spacial score (nSPS) is 28.6. The second-order valence-electron chi connectivity index (χ2n) is 12.0. The van der Waals surface area contributed by atoms with Gasteiger partial charge in [0.05, 0.1) is 0 Å². The summed E-state index contributed by atoms with van der Waals surface area (Å²) in [6.07, 6.45) is 19.2. The van der Waals surface area contributed by atoms with Crippen LogP contribution in [0.1, 0.15) is 98.3 Å². The molecule has 0 saturated heterocycles. The van der Waals surface area contributed by atoms with Crippen LogP contribution in [0, 0.1) is 23.2 Å². The standard InChI is InChI=1S/C30H47NO3S/c1-21(2)7-5-8-22(3)9-6-10-23(4)11-12-35-20-27(29(33)34)31-28(32)19-30-16-24-13-25(17-30)15-26(14-24)18-30/h7,9,11,24-27H,5-6,8,10,12-20H2,1-4H3,(H,31,32)(H,33,34)/b22-9+,23-11+/t24?,25?,26?,27-,30?/m0/s1. The van der Waals surface area contributed by atoms with Crippen LogP contribution in [0.5, 0.6) is 0 Å². The molecular formula is C30H47NO3S. The molecule has 4 rings (SSSR count). The van der Waals surface area contributed by atoms with Gasteiger partial charge in [0.25, 0.3) is 0 Å². The van der Waals surface area contributed by atoms with Gasteiger partial charge in [-0.05, 0) is 115 Å². The Kier molecular flexibility index (Phi) is 10.6. The van der Waals surface area contributed by atoms with Crippen LogP contribution in [0.15, 0.2) is 34.9 Å². The van der Waals surface area contributed by atoms with Crippen LogP contribution in [0.25, 0.3) is 0 Å². The number of carbonyl (C=O) groups is 2. The van der Waals surface area contributed by atoms with Crippen molar-refractivity contribution in [3.8, 4) is 0 Å². The van der Waals surface area contributed by atoms with E-state index in [-0.39, 0.29) is 11.3 Å². The van der Waals surface area contributed by atoms with Gasteiger partial charge in [0.2, 0.25) is 5.91 Å². The number of nitrogens with one attached hydrogen (secondary N) is 1. The molecule has 0 spiro atoms. The molecule has 0 unspecified atom stereocenters. The number of carboxylic acids is 1. The number of hydrogen-bond donors (Lipinski definition) is 2. The molecule has 4 saturated carbocycles. The molecule has 0 aromatic heterocycles. The summed E-state index contributed by atoms with van der Waals surface area (Å²) < 4.78 is 0. The maximum absolute atomic E-state index is 12.9. The molecule has 4 nitrogen and oxygen atoms in total. The van der Waals surface area contributed by atoms with E-state index in [0.717, 1.165) is 49.2 Å². The molecule has 196 valence electrons. The zero-order valence-corrected chi connectivity index (χ0v) is 23.2. The number of amides is 1. The van der Waals surface area contributed by atoms with Gasteiger partial charge in [-0.1, -0.05) is 34.9 Å². The van der Waals surface area contributed by atoms with Crippen LogP contribution >= 0.6 is 11.8 Å². The number of thioether (sulfide) groups is 1. The van der Waals surface area contributed by atoms with Gasteiger partial charge in [0.15, 0.2) is 0 Å². The highest BCUT2D eigenvalue weighted by Crippen LogP contribution is 2.61. The molecule has 2 N–H and O–H groups in total. The van der Waals surface area contributed by atoms with Crippen LogP contribution in [0.2, 0.25) is 0 Å². The zero-order valence-electron chi connectivity index (χ0n) is 22.4. The summed E-state index contributed by atoms with van der Waals surface area (Å²) in [6.45, 7) is 8.63. The monoisotopic (exact) mass is 501 g/mol. The number of rotatable bonds is 14. The van der Waals surface area contributed by atoms with Crippen molar-refractivity contribution in [3.05, 3.63) is 34.9 Å². The van der Waals surface area contributed by atoms with E-state index in [1.807, 2.05) is 0 Å². The van der Waals surface area contributed by atoms with E-state index in [1.165, 1.54) is 55.2 Å². The minimum absolute atomic E-state index is 0.0570. The van der Waals surface area contributed by atoms with Crippen LogP contribution in [-0.4, -0.2) is 34.5 Å². The molecule has 4 aliphatic rings. The Hall–Kier alpha value is -1.49. The van der Waals surface area contributed by atoms with Crippen molar-refractivity contribution >= 4 is 23.6 Å². The largest absolute Gasteiger partial charge is 0.480 e. The van der Waals surface area contributed by atoms with Crippen molar-refractivity contribution in [3.63, 3.8) is 0 Å². The lowest BCUT2D eigenvalue weighted by atomic mass is 9.49. The van der Waals surface area contributed by atoms with Gasteiger partial charge in [0, 0.05) is 17.9 Å². The Morgan fingerprint density at radius 2 is 1.46 bits per heavy atom. The first-order valence-corrected chi connectivity index (χ1v) is 14.8. The number of hydrogen-bond acceptors (Lipinski definition) is 3. The van der Waals surface area contributed by atoms with E-state index in [9.17, 15) is 14.7 Å². The van der Waals surface area contributed by atoms with E-state index in [4.69, 9.17) is 0 Å². The SMILES string of the molecule is CC(C)=CCC/C(C)=C/CC/C(C)=C/CSC[C@H](NC(=O)CC12CC3CC(CC(C3)C1)C2)C(=O)O. The van der Waals surface area contributed by atoms with Crippen LogP contribution in [-0.2, 0) is 9.59 Å². The lowest BCUT2D eigenvalue weighted by Gasteiger charge is -2.56. The average molecular weight is 502 g/mol. The van der Waals surface area contributed by atoms with E-state index < -0.39 is 12.0 Å². The molecule has 1 amide bonds. The fourth-order valence-electron chi connectivity index (χ4n) is 6.99. The first-order chi connectivity index (χ1) is 16.6. The maximum Gasteiger partial charge on any atom is 0.327 e. The van der Waals surface area contributed by atoms with Gasteiger partial charge in [-0.25, -0.2) is 4.79 Å². The van der Waals surface area contributed by atoms with Gasteiger partial charge in [-0.15, -0.1) is 0 Å². The molecule has 0 heterocycles. The van der Waals surface area contributed by atoms with E-state index in [1.54, 1.807) is 11.8 Å². The van der Waals surface area contributed by atoms with Crippen molar-refractivity contribution in [2.24, 2.45) is 23.2 Å². The van der Waals surface area contributed by atoms with Crippen molar-refractivity contribution in [1.82, 2.24) is 5.32 Å². The van der Waals surface area contributed by atoms with Crippen LogP contribution in [0.4, 0.5) is 0 Å². The summed E-state index contributed by atoms with van der Waals surface area (Å²) in [7, 11) is 0. The Bertz CT molecular complexity index is 801. The van der Waals surface area contributed by atoms with Crippen molar-refractivity contribution in [1.29, 1.82) is 0 Å². The van der Waals surface area contributed by atoms with Crippen molar-refractivity contribution < 1.29 is 14.7 Å². The summed E-state index contributed by atoms with van der Waals surface area (Å²) >= 11 is 1.59. The van der Waals surface area contributed by atoms with Crippen molar-refractivity contribution in [2.45, 2.75) is 104 Å². The highest BCUT2D eigenvalue weighted by atomic mass is 32.2. The predicted octanol–water partition coefficient (Wildman–Crippen LogP) is 7.31. The maximum atomic E-state index is 12.9. The molecule has 5 heteroatoms. The Morgan fingerprint density at radius 3 is 2.00 bits per heavy atom. The lowest BCUT2D eigenvalue weighted by molar-refractivity contribution is -0.142. The predicted molar refractivity (Wildman–Crippen MR) is 148 cm³/mol. The smallest absolute Gasteiger partial charge is 0.327 e. The zero-order chi connectivity index (χ0) is 25.4. The molecule has 4 bridgehead atoms.